The summed E-state index contributed by atoms with van der Waals surface area (Å²) >= 11 is 3.35. The summed E-state index contributed by atoms with van der Waals surface area (Å²) in [7, 11) is 1.62. The third-order valence-electron chi connectivity index (χ3n) is 2.92. The molecule has 0 radical (unpaired) electrons. The maximum absolute atomic E-state index is 11.9. The van der Waals surface area contributed by atoms with Gasteiger partial charge in [-0.25, -0.2) is 0 Å². The predicted octanol–water partition coefficient (Wildman–Crippen LogP) is 1.59. The molecule has 1 aromatic rings. The van der Waals surface area contributed by atoms with Crippen molar-refractivity contribution in [1.82, 2.24) is 9.88 Å². The number of amides is 1. The van der Waals surface area contributed by atoms with Crippen LogP contribution in [0.5, 0.6) is 0 Å². The standard InChI is InChI=1S/C10H12BrN3O3/c1-13-5-7(14(16)17)4-8(13)9(15)12-10(6-11)2-3-10/h4-5H,2-3,6H2,1H3,(H,12,15). The van der Waals surface area contributed by atoms with E-state index in [2.05, 4.69) is 21.2 Å². The van der Waals surface area contributed by atoms with Gasteiger partial charge in [-0.1, -0.05) is 15.9 Å². The molecule has 6 nitrogen and oxygen atoms in total. The van der Waals surface area contributed by atoms with E-state index in [0.29, 0.717) is 11.0 Å². The van der Waals surface area contributed by atoms with E-state index in [4.69, 9.17) is 0 Å². The molecule has 92 valence electrons. The lowest BCUT2D eigenvalue weighted by molar-refractivity contribution is -0.384. The summed E-state index contributed by atoms with van der Waals surface area (Å²) in [6.07, 6.45) is 3.22. The van der Waals surface area contributed by atoms with Crippen LogP contribution in [-0.2, 0) is 7.05 Å². The largest absolute Gasteiger partial charge is 0.344 e. The minimum atomic E-state index is -0.506. The molecule has 0 unspecified atom stereocenters. The lowest BCUT2D eigenvalue weighted by Crippen LogP contribution is -2.38. The Balaban J connectivity index is 2.16. The van der Waals surface area contributed by atoms with Gasteiger partial charge in [0.1, 0.15) is 5.69 Å². The molecule has 0 spiro atoms. The van der Waals surface area contributed by atoms with Gasteiger partial charge in [-0.3, -0.25) is 14.9 Å². The number of rotatable bonds is 4. The van der Waals surface area contributed by atoms with E-state index < -0.39 is 4.92 Å². The number of aryl methyl sites for hydroxylation is 1. The van der Waals surface area contributed by atoms with Crippen LogP contribution in [0.2, 0.25) is 0 Å². The fraction of sp³-hybridized carbons (Fsp3) is 0.500. The quantitative estimate of drug-likeness (QED) is 0.521. The van der Waals surface area contributed by atoms with Crippen molar-refractivity contribution in [3.63, 3.8) is 0 Å². The highest BCUT2D eigenvalue weighted by Crippen LogP contribution is 2.37. The van der Waals surface area contributed by atoms with Gasteiger partial charge in [0.15, 0.2) is 0 Å². The molecule has 0 saturated heterocycles. The van der Waals surface area contributed by atoms with Crippen LogP contribution in [0.15, 0.2) is 12.3 Å². The molecule has 1 aliphatic rings. The summed E-state index contributed by atoms with van der Waals surface area (Å²) in [5, 5.41) is 14.2. The molecule has 17 heavy (non-hydrogen) atoms. The van der Waals surface area contributed by atoms with Crippen molar-refractivity contribution < 1.29 is 9.72 Å². The van der Waals surface area contributed by atoms with Crippen LogP contribution in [0.1, 0.15) is 23.3 Å². The fourth-order valence-electron chi connectivity index (χ4n) is 1.62. The highest BCUT2D eigenvalue weighted by molar-refractivity contribution is 9.09. The second-order valence-electron chi connectivity index (χ2n) is 4.32. The number of hydrogen-bond donors (Lipinski definition) is 1. The molecule has 7 heteroatoms. The average Bonchev–Trinajstić information content (AvgIpc) is 2.93. The number of nitrogens with one attached hydrogen (secondary N) is 1. The van der Waals surface area contributed by atoms with Crippen molar-refractivity contribution >= 4 is 27.5 Å². The van der Waals surface area contributed by atoms with E-state index in [1.165, 1.54) is 16.8 Å². The smallest absolute Gasteiger partial charge is 0.287 e. The molecule has 1 aromatic heterocycles. The number of halogens is 1. The van der Waals surface area contributed by atoms with Crippen molar-refractivity contribution in [1.29, 1.82) is 0 Å². The molecule has 1 heterocycles. The summed E-state index contributed by atoms with van der Waals surface area (Å²) < 4.78 is 1.47. The van der Waals surface area contributed by atoms with Crippen molar-refractivity contribution in [2.45, 2.75) is 18.4 Å². The molecular weight excluding hydrogens is 290 g/mol. The molecule has 0 bridgehead atoms. The SMILES string of the molecule is Cn1cc([N+](=O)[O-])cc1C(=O)NC1(CBr)CC1. The minimum absolute atomic E-state index is 0.0682. The van der Waals surface area contributed by atoms with Gasteiger partial charge >= 0.3 is 0 Å². The molecule has 0 aliphatic heterocycles. The molecule has 1 N–H and O–H groups in total. The molecule has 2 rings (SSSR count). The third kappa shape index (κ3) is 2.33. The Kier molecular flexibility index (Phi) is 2.94. The summed E-state index contributed by atoms with van der Waals surface area (Å²) in [6, 6.07) is 1.29. The van der Waals surface area contributed by atoms with Crippen molar-refractivity contribution in [3.05, 3.63) is 28.1 Å². The Morgan fingerprint density at radius 3 is 2.76 bits per heavy atom. The van der Waals surface area contributed by atoms with Gasteiger partial charge < -0.3 is 9.88 Å². The summed E-state index contributed by atoms with van der Waals surface area (Å²) in [4.78, 5) is 22.0. The van der Waals surface area contributed by atoms with Crippen LogP contribution in [0.4, 0.5) is 5.69 Å². The van der Waals surface area contributed by atoms with Crippen LogP contribution in [0, 0.1) is 10.1 Å². The van der Waals surface area contributed by atoms with E-state index >= 15 is 0 Å². The molecule has 1 saturated carbocycles. The Bertz CT molecular complexity index is 479. The lowest BCUT2D eigenvalue weighted by Gasteiger charge is -2.13. The van der Waals surface area contributed by atoms with Crippen molar-refractivity contribution in [2.75, 3.05) is 5.33 Å². The van der Waals surface area contributed by atoms with Gasteiger partial charge in [-0.15, -0.1) is 0 Å². The van der Waals surface area contributed by atoms with E-state index in [9.17, 15) is 14.9 Å². The maximum atomic E-state index is 11.9. The van der Waals surface area contributed by atoms with E-state index in [1.54, 1.807) is 7.05 Å². The summed E-state index contributed by atoms with van der Waals surface area (Å²) in [6.45, 7) is 0. The van der Waals surface area contributed by atoms with Crippen LogP contribution in [-0.4, -0.2) is 26.3 Å². The normalized spacial score (nSPS) is 16.6. The Morgan fingerprint density at radius 1 is 1.71 bits per heavy atom. The zero-order valence-electron chi connectivity index (χ0n) is 9.27. The number of alkyl halides is 1. The van der Waals surface area contributed by atoms with Crippen LogP contribution < -0.4 is 5.32 Å². The van der Waals surface area contributed by atoms with Crippen molar-refractivity contribution in [2.24, 2.45) is 7.05 Å². The number of carbonyl (C=O) groups is 1. The van der Waals surface area contributed by atoms with Gasteiger partial charge in [-0.05, 0) is 12.8 Å². The average molecular weight is 302 g/mol. The maximum Gasteiger partial charge on any atom is 0.287 e. The first-order chi connectivity index (χ1) is 7.97. The van der Waals surface area contributed by atoms with Gasteiger partial charge in [0.05, 0.1) is 16.7 Å². The second-order valence-corrected chi connectivity index (χ2v) is 4.88. The molecular formula is C10H12BrN3O3. The third-order valence-corrected chi connectivity index (χ3v) is 4.00. The van der Waals surface area contributed by atoms with E-state index in [1.807, 2.05) is 0 Å². The first kappa shape index (κ1) is 12.1. The monoisotopic (exact) mass is 301 g/mol. The van der Waals surface area contributed by atoms with Gasteiger partial charge in [-0.2, -0.15) is 0 Å². The Labute approximate surface area is 106 Å². The van der Waals surface area contributed by atoms with Crippen molar-refractivity contribution in [3.8, 4) is 0 Å². The number of nitrogens with zero attached hydrogens (tertiary/aromatic N) is 2. The number of carbonyl (C=O) groups excluding carboxylic acids is 1. The Hall–Kier alpha value is -1.37. The molecule has 0 aromatic carbocycles. The number of aromatic nitrogens is 1. The first-order valence-corrected chi connectivity index (χ1v) is 6.29. The van der Waals surface area contributed by atoms with Gasteiger partial charge in [0.25, 0.3) is 11.6 Å². The number of hydrogen-bond acceptors (Lipinski definition) is 3. The number of nitro groups is 1. The highest BCUT2D eigenvalue weighted by Gasteiger charge is 2.43. The van der Waals surface area contributed by atoms with Crippen LogP contribution in [0.3, 0.4) is 0 Å². The molecule has 1 amide bonds. The van der Waals surface area contributed by atoms with E-state index in [-0.39, 0.29) is 17.1 Å². The highest BCUT2D eigenvalue weighted by atomic mass is 79.9. The molecule has 1 fully saturated rings. The van der Waals surface area contributed by atoms with Crippen LogP contribution >= 0.6 is 15.9 Å². The minimum Gasteiger partial charge on any atom is -0.344 e. The summed E-state index contributed by atoms with van der Waals surface area (Å²) in [5.41, 5.74) is 0.0844. The molecule has 1 aliphatic carbocycles. The zero-order valence-corrected chi connectivity index (χ0v) is 10.9. The molecule has 0 atom stereocenters. The Morgan fingerprint density at radius 2 is 2.35 bits per heavy atom. The zero-order chi connectivity index (χ0) is 12.6. The van der Waals surface area contributed by atoms with Gasteiger partial charge in [0, 0.05) is 18.4 Å². The topological polar surface area (TPSA) is 77.2 Å². The predicted molar refractivity (Wildman–Crippen MR) is 65.3 cm³/mol. The summed E-state index contributed by atoms with van der Waals surface area (Å²) in [5.74, 6) is -0.266. The lowest BCUT2D eigenvalue weighted by atomic mass is 10.3. The first-order valence-electron chi connectivity index (χ1n) is 5.17. The van der Waals surface area contributed by atoms with E-state index in [0.717, 1.165) is 12.8 Å². The van der Waals surface area contributed by atoms with Gasteiger partial charge in [0.2, 0.25) is 0 Å². The van der Waals surface area contributed by atoms with Crippen LogP contribution in [0.25, 0.3) is 0 Å². The second kappa shape index (κ2) is 4.14. The fourth-order valence-corrected chi connectivity index (χ4v) is 2.32.